The summed E-state index contributed by atoms with van der Waals surface area (Å²) in [4.78, 5) is 12.5. The van der Waals surface area contributed by atoms with E-state index in [0.29, 0.717) is 5.56 Å². The van der Waals surface area contributed by atoms with Gasteiger partial charge in [0.05, 0.1) is 4.90 Å². The average molecular weight is 387 g/mol. The second kappa shape index (κ2) is 8.50. The lowest BCUT2D eigenvalue weighted by molar-refractivity contribution is 0.0919. The van der Waals surface area contributed by atoms with Crippen molar-refractivity contribution in [2.45, 2.75) is 37.8 Å². The number of sulfonamides is 1. The molecule has 0 heterocycles. The van der Waals surface area contributed by atoms with Crippen molar-refractivity contribution >= 4 is 15.9 Å². The number of amides is 1. The Morgan fingerprint density at radius 2 is 1.67 bits per heavy atom. The van der Waals surface area contributed by atoms with Crippen LogP contribution in [0.4, 0.5) is 0 Å². The van der Waals surface area contributed by atoms with E-state index in [0.717, 1.165) is 5.56 Å². The van der Waals surface area contributed by atoms with Gasteiger partial charge in [-0.15, -0.1) is 6.58 Å². The molecular weight excluding hydrogens is 360 g/mol. The molecule has 0 aromatic heterocycles. The van der Waals surface area contributed by atoms with Crippen LogP contribution in [0.5, 0.6) is 0 Å². The third-order valence-corrected chi connectivity index (χ3v) is 5.60. The van der Waals surface area contributed by atoms with Crippen molar-refractivity contribution in [2.75, 3.05) is 6.54 Å². The molecule has 2 rings (SSSR count). The summed E-state index contributed by atoms with van der Waals surface area (Å²) in [6.45, 7) is 9.81. The summed E-state index contributed by atoms with van der Waals surface area (Å²) in [7, 11) is -3.63. The monoisotopic (exact) mass is 386 g/mol. The molecule has 2 aromatic rings. The van der Waals surface area contributed by atoms with Crippen LogP contribution in [0.3, 0.4) is 0 Å². The molecule has 0 spiro atoms. The number of hydrogen-bond acceptors (Lipinski definition) is 3. The molecule has 144 valence electrons. The molecule has 0 aliphatic rings. The minimum atomic E-state index is -3.63. The zero-order chi connectivity index (χ0) is 20.1. The van der Waals surface area contributed by atoms with E-state index in [9.17, 15) is 13.2 Å². The molecule has 0 saturated heterocycles. The van der Waals surface area contributed by atoms with Crippen LogP contribution in [0, 0.1) is 0 Å². The van der Waals surface area contributed by atoms with Crippen molar-refractivity contribution in [1.82, 2.24) is 9.62 Å². The molecule has 0 unspecified atom stereocenters. The van der Waals surface area contributed by atoms with Gasteiger partial charge in [-0.2, -0.15) is 4.31 Å². The molecule has 0 atom stereocenters. The number of nitrogens with one attached hydrogen (secondary N) is 1. The first-order valence-electron chi connectivity index (χ1n) is 8.71. The summed E-state index contributed by atoms with van der Waals surface area (Å²) in [6.07, 6.45) is 1.56. The van der Waals surface area contributed by atoms with Crippen LogP contribution in [0.1, 0.15) is 36.7 Å². The van der Waals surface area contributed by atoms with Crippen LogP contribution in [0.25, 0.3) is 0 Å². The Labute approximate surface area is 161 Å². The first kappa shape index (κ1) is 20.9. The second-order valence-electron chi connectivity index (χ2n) is 7.30. The normalized spacial score (nSPS) is 12.0. The summed E-state index contributed by atoms with van der Waals surface area (Å²) in [5, 5.41) is 2.90. The van der Waals surface area contributed by atoms with Gasteiger partial charge >= 0.3 is 0 Å². The summed E-state index contributed by atoms with van der Waals surface area (Å²) in [5.41, 5.74) is 1.01. The molecule has 5 nitrogen and oxygen atoms in total. The van der Waals surface area contributed by atoms with Gasteiger partial charge in [0.1, 0.15) is 0 Å². The summed E-state index contributed by atoms with van der Waals surface area (Å²) in [6, 6.07) is 15.3. The second-order valence-corrected chi connectivity index (χ2v) is 9.24. The number of rotatable bonds is 7. The average Bonchev–Trinajstić information content (AvgIpc) is 2.61. The van der Waals surface area contributed by atoms with Gasteiger partial charge in [-0.05, 0) is 50.6 Å². The third kappa shape index (κ3) is 5.77. The van der Waals surface area contributed by atoms with E-state index in [4.69, 9.17) is 0 Å². The zero-order valence-corrected chi connectivity index (χ0v) is 16.8. The Morgan fingerprint density at radius 3 is 2.19 bits per heavy atom. The largest absolute Gasteiger partial charge is 0.347 e. The molecule has 0 fully saturated rings. The van der Waals surface area contributed by atoms with Crippen molar-refractivity contribution in [1.29, 1.82) is 0 Å². The highest BCUT2D eigenvalue weighted by Crippen LogP contribution is 2.18. The predicted octanol–water partition coefficient (Wildman–Crippen LogP) is 3.59. The Morgan fingerprint density at radius 1 is 1.07 bits per heavy atom. The van der Waals surface area contributed by atoms with Crippen LogP contribution in [-0.2, 0) is 16.6 Å². The maximum atomic E-state index is 12.9. The summed E-state index contributed by atoms with van der Waals surface area (Å²) >= 11 is 0. The first-order chi connectivity index (χ1) is 12.6. The standard InChI is InChI=1S/C21H26N2O3S/c1-5-15-23(27(25,26)19-9-7-6-8-10-19)16-17-11-13-18(14-12-17)20(24)22-21(2,3)4/h5-14H,1,15-16H2,2-4H3,(H,22,24). The molecule has 0 aliphatic carbocycles. The number of nitrogens with zero attached hydrogens (tertiary/aromatic N) is 1. The molecule has 27 heavy (non-hydrogen) atoms. The summed E-state index contributed by atoms with van der Waals surface area (Å²) < 4.78 is 27.1. The highest BCUT2D eigenvalue weighted by molar-refractivity contribution is 7.89. The van der Waals surface area contributed by atoms with E-state index in [1.165, 1.54) is 4.31 Å². The van der Waals surface area contributed by atoms with Crippen LogP contribution < -0.4 is 5.32 Å². The number of benzene rings is 2. The van der Waals surface area contributed by atoms with Gasteiger partial charge in [0.25, 0.3) is 5.91 Å². The Hall–Kier alpha value is -2.44. The minimum absolute atomic E-state index is 0.158. The highest BCUT2D eigenvalue weighted by Gasteiger charge is 2.23. The molecule has 0 bridgehead atoms. The zero-order valence-electron chi connectivity index (χ0n) is 16.0. The molecule has 1 amide bonds. The minimum Gasteiger partial charge on any atom is -0.347 e. The topological polar surface area (TPSA) is 66.5 Å². The number of hydrogen-bond donors (Lipinski definition) is 1. The lowest BCUT2D eigenvalue weighted by atomic mass is 10.1. The van der Waals surface area contributed by atoms with E-state index < -0.39 is 10.0 Å². The first-order valence-corrected chi connectivity index (χ1v) is 10.1. The fraction of sp³-hybridized carbons (Fsp3) is 0.286. The maximum Gasteiger partial charge on any atom is 0.251 e. The molecule has 6 heteroatoms. The van der Waals surface area contributed by atoms with Crippen molar-refractivity contribution in [3.05, 3.63) is 78.4 Å². The Bertz CT molecular complexity index is 883. The molecule has 0 radical (unpaired) electrons. The molecule has 0 saturated carbocycles. The lowest BCUT2D eigenvalue weighted by Gasteiger charge is -2.22. The Balaban J connectivity index is 2.20. The molecule has 0 aliphatic heterocycles. The lowest BCUT2D eigenvalue weighted by Crippen LogP contribution is -2.40. The fourth-order valence-corrected chi connectivity index (χ4v) is 3.93. The number of carbonyl (C=O) groups excluding carboxylic acids is 1. The van der Waals surface area contributed by atoms with Crippen molar-refractivity contribution in [2.24, 2.45) is 0 Å². The van der Waals surface area contributed by atoms with Crippen LogP contribution in [-0.4, -0.2) is 30.7 Å². The van der Waals surface area contributed by atoms with Crippen LogP contribution in [0.2, 0.25) is 0 Å². The fourth-order valence-electron chi connectivity index (χ4n) is 2.51. The van der Waals surface area contributed by atoms with Gasteiger partial charge in [0, 0.05) is 24.2 Å². The maximum absolute atomic E-state index is 12.9. The van der Waals surface area contributed by atoms with Gasteiger partial charge in [-0.1, -0.05) is 36.4 Å². The van der Waals surface area contributed by atoms with Crippen molar-refractivity contribution in [3.8, 4) is 0 Å². The third-order valence-electron chi connectivity index (χ3n) is 3.78. The van der Waals surface area contributed by atoms with Gasteiger partial charge < -0.3 is 5.32 Å². The van der Waals surface area contributed by atoms with Crippen LogP contribution in [0.15, 0.2) is 72.1 Å². The van der Waals surface area contributed by atoms with E-state index >= 15 is 0 Å². The SMILES string of the molecule is C=CCN(Cc1ccc(C(=O)NC(C)(C)C)cc1)S(=O)(=O)c1ccccc1. The van der Waals surface area contributed by atoms with Gasteiger partial charge in [-0.3, -0.25) is 4.79 Å². The van der Waals surface area contributed by atoms with E-state index in [2.05, 4.69) is 11.9 Å². The highest BCUT2D eigenvalue weighted by atomic mass is 32.2. The molecule has 1 N–H and O–H groups in total. The van der Waals surface area contributed by atoms with Crippen molar-refractivity contribution in [3.63, 3.8) is 0 Å². The quantitative estimate of drug-likeness (QED) is 0.740. The van der Waals surface area contributed by atoms with Gasteiger partial charge in [0.15, 0.2) is 0 Å². The smallest absolute Gasteiger partial charge is 0.251 e. The van der Waals surface area contributed by atoms with Gasteiger partial charge in [0.2, 0.25) is 10.0 Å². The predicted molar refractivity (Wildman–Crippen MR) is 108 cm³/mol. The summed E-state index contributed by atoms with van der Waals surface area (Å²) in [5.74, 6) is -0.158. The van der Waals surface area contributed by atoms with Crippen LogP contribution >= 0.6 is 0 Å². The Kier molecular flexibility index (Phi) is 6.57. The van der Waals surface area contributed by atoms with E-state index in [1.54, 1.807) is 60.7 Å². The molecule has 2 aromatic carbocycles. The van der Waals surface area contributed by atoms with E-state index in [1.807, 2.05) is 20.8 Å². The van der Waals surface area contributed by atoms with Crippen molar-refractivity contribution < 1.29 is 13.2 Å². The number of carbonyl (C=O) groups is 1. The van der Waals surface area contributed by atoms with E-state index in [-0.39, 0.29) is 29.4 Å². The van der Waals surface area contributed by atoms with Gasteiger partial charge in [-0.25, -0.2) is 8.42 Å². The molecular formula is C21H26N2O3S.